The van der Waals surface area contributed by atoms with Gasteiger partial charge in [0.15, 0.2) is 11.5 Å². The van der Waals surface area contributed by atoms with Gasteiger partial charge in [-0.2, -0.15) is 5.26 Å². The van der Waals surface area contributed by atoms with E-state index in [1.807, 2.05) is 19.9 Å². The molecule has 0 aliphatic rings. The number of hydrogen-bond donors (Lipinski definition) is 0. The van der Waals surface area contributed by atoms with Crippen LogP contribution in [0.1, 0.15) is 38.7 Å². The topological polar surface area (TPSA) is 68.6 Å². The van der Waals surface area contributed by atoms with Gasteiger partial charge in [-0.1, -0.05) is 20.3 Å². The van der Waals surface area contributed by atoms with E-state index in [1.54, 1.807) is 12.1 Å². The highest BCUT2D eigenvalue weighted by molar-refractivity contribution is 9.10. The Balaban J connectivity index is 3.05. The van der Waals surface area contributed by atoms with E-state index in [0.29, 0.717) is 34.7 Å². The van der Waals surface area contributed by atoms with Gasteiger partial charge in [0.1, 0.15) is 11.6 Å². The minimum absolute atomic E-state index is 0.0534. The Morgan fingerprint density at radius 3 is 2.62 bits per heavy atom. The van der Waals surface area contributed by atoms with Crippen molar-refractivity contribution in [3.8, 4) is 17.6 Å². The first-order chi connectivity index (χ1) is 11.6. The van der Waals surface area contributed by atoms with Crippen molar-refractivity contribution in [2.75, 3.05) is 20.3 Å². The summed E-state index contributed by atoms with van der Waals surface area (Å²) < 4.78 is 16.8. The third-order valence-corrected chi connectivity index (χ3v) is 3.67. The molecule has 0 amide bonds. The molecule has 0 aliphatic heterocycles. The Bertz CT molecular complexity index is 635. The van der Waals surface area contributed by atoms with E-state index < -0.39 is 5.97 Å². The van der Waals surface area contributed by atoms with Gasteiger partial charge in [-0.15, -0.1) is 0 Å². The molecule has 0 heterocycles. The lowest BCUT2D eigenvalue weighted by atomic mass is 10.1. The van der Waals surface area contributed by atoms with Crippen LogP contribution >= 0.6 is 15.9 Å². The molecule has 0 aromatic heterocycles. The van der Waals surface area contributed by atoms with Crippen molar-refractivity contribution in [2.24, 2.45) is 0 Å². The molecule has 0 bridgehead atoms. The molecule has 0 fully saturated rings. The minimum Gasteiger partial charge on any atom is -0.493 e. The van der Waals surface area contributed by atoms with Crippen LogP contribution in [0, 0.1) is 11.3 Å². The predicted octanol–water partition coefficient (Wildman–Crippen LogP) is 4.50. The van der Waals surface area contributed by atoms with Crippen molar-refractivity contribution < 1.29 is 19.0 Å². The maximum absolute atomic E-state index is 11.9. The largest absolute Gasteiger partial charge is 0.493 e. The fraction of sp³-hybridized carbons (Fsp3) is 0.444. The third kappa shape index (κ3) is 5.89. The summed E-state index contributed by atoms with van der Waals surface area (Å²) in [5, 5.41) is 9.19. The number of halogens is 1. The van der Waals surface area contributed by atoms with Crippen LogP contribution in [0.4, 0.5) is 0 Å². The number of rotatable bonds is 9. The molecule has 6 heteroatoms. The molecule has 1 rings (SSSR count). The first-order valence-electron chi connectivity index (χ1n) is 7.86. The first-order valence-corrected chi connectivity index (χ1v) is 8.65. The van der Waals surface area contributed by atoms with Crippen molar-refractivity contribution >= 4 is 28.0 Å². The molecule has 0 unspecified atom stereocenters. The monoisotopic (exact) mass is 395 g/mol. The van der Waals surface area contributed by atoms with Crippen molar-refractivity contribution in [2.45, 2.75) is 33.1 Å². The van der Waals surface area contributed by atoms with Gasteiger partial charge in [0, 0.05) is 0 Å². The highest BCUT2D eigenvalue weighted by Crippen LogP contribution is 2.37. The molecule has 1 aromatic rings. The van der Waals surface area contributed by atoms with Crippen LogP contribution in [-0.4, -0.2) is 26.3 Å². The van der Waals surface area contributed by atoms with Crippen LogP contribution in [0.2, 0.25) is 0 Å². The SMILES string of the molecule is CCCCOC(=O)/C(C#N)=C/c1cc(Br)c(OCCC)c(OC)c1. The standard InChI is InChI=1S/C18H22BrNO4/c1-4-6-8-24-18(21)14(12-20)9-13-10-15(19)17(23-7-5-2)16(11-13)22-3/h9-11H,4-8H2,1-3H3/b14-9+. The van der Waals surface area contributed by atoms with Gasteiger partial charge in [-0.25, -0.2) is 4.79 Å². The number of methoxy groups -OCH3 is 1. The number of esters is 1. The Hall–Kier alpha value is -2.00. The molecule has 5 nitrogen and oxygen atoms in total. The number of carbonyl (C=O) groups excluding carboxylic acids is 1. The normalized spacial score (nSPS) is 10.9. The lowest BCUT2D eigenvalue weighted by Crippen LogP contribution is -2.07. The summed E-state index contributed by atoms with van der Waals surface area (Å²) in [7, 11) is 1.54. The van der Waals surface area contributed by atoms with E-state index in [1.165, 1.54) is 13.2 Å². The summed E-state index contributed by atoms with van der Waals surface area (Å²) >= 11 is 3.44. The second-order valence-corrected chi connectivity index (χ2v) is 5.90. The van der Waals surface area contributed by atoms with Crippen LogP contribution in [-0.2, 0) is 9.53 Å². The fourth-order valence-corrected chi connectivity index (χ4v) is 2.43. The van der Waals surface area contributed by atoms with Gasteiger partial charge < -0.3 is 14.2 Å². The van der Waals surface area contributed by atoms with E-state index in [9.17, 15) is 10.1 Å². The van der Waals surface area contributed by atoms with Crippen LogP contribution in [0.5, 0.6) is 11.5 Å². The number of ether oxygens (including phenoxy) is 3. The van der Waals surface area contributed by atoms with Gasteiger partial charge in [0.25, 0.3) is 0 Å². The Morgan fingerprint density at radius 1 is 1.29 bits per heavy atom. The molecule has 24 heavy (non-hydrogen) atoms. The van der Waals surface area contributed by atoms with E-state index in [4.69, 9.17) is 14.2 Å². The highest BCUT2D eigenvalue weighted by Gasteiger charge is 2.14. The van der Waals surface area contributed by atoms with Gasteiger partial charge >= 0.3 is 5.97 Å². The second kappa shape index (κ2) is 10.7. The molecule has 0 saturated carbocycles. The fourth-order valence-electron chi connectivity index (χ4n) is 1.86. The molecule has 1 aromatic carbocycles. The van der Waals surface area contributed by atoms with Crippen LogP contribution in [0.25, 0.3) is 6.08 Å². The Kier molecular flexibility index (Phi) is 8.95. The number of carbonyl (C=O) groups is 1. The number of unbranched alkanes of at least 4 members (excludes halogenated alkanes) is 1. The number of nitrogens with zero attached hydrogens (tertiary/aromatic N) is 1. The summed E-state index contributed by atoms with van der Waals surface area (Å²) in [6.07, 6.45) is 4.04. The highest BCUT2D eigenvalue weighted by atomic mass is 79.9. The average molecular weight is 396 g/mol. The Morgan fingerprint density at radius 2 is 2.04 bits per heavy atom. The maximum atomic E-state index is 11.9. The van der Waals surface area contributed by atoms with Gasteiger partial charge in [0.05, 0.1) is 24.8 Å². The van der Waals surface area contributed by atoms with E-state index in [2.05, 4.69) is 15.9 Å². The number of nitriles is 1. The van der Waals surface area contributed by atoms with Crippen molar-refractivity contribution in [3.05, 3.63) is 27.7 Å². The van der Waals surface area contributed by atoms with Gasteiger partial charge in [-0.05, 0) is 52.5 Å². The lowest BCUT2D eigenvalue weighted by Gasteiger charge is -2.13. The zero-order valence-corrected chi connectivity index (χ0v) is 15.8. The van der Waals surface area contributed by atoms with Crippen molar-refractivity contribution in [3.63, 3.8) is 0 Å². The average Bonchev–Trinajstić information content (AvgIpc) is 2.58. The van der Waals surface area contributed by atoms with E-state index >= 15 is 0 Å². The molecular formula is C18H22BrNO4. The summed E-state index contributed by atoms with van der Waals surface area (Å²) in [4.78, 5) is 11.9. The molecule has 0 aliphatic carbocycles. The summed E-state index contributed by atoms with van der Waals surface area (Å²) in [5.74, 6) is 0.508. The van der Waals surface area contributed by atoms with Crippen LogP contribution in [0.15, 0.2) is 22.2 Å². The second-order valence-electron chi connectivity index (χ2n) is 5.04. The maximum Gasteiger partial charge on any atom is 0.348 e. The molecular weight excluding hydrogens is 374 g/mol. The van der Waals surface area contributed by atoms with Crippen molar-refractivity contribution in [1.82, 2.24) is 0 Å². The first kappa shape index (κ1) is 20.0. The smallest absolute Gasteiger partial charge is 0.348 e. The molecule has 0 saturated heterocycles. The van der Waals surface area contributed by atoms with Crippen molar-refractivity contribution in [1.29, 1.82) is 5.26 Å². The van der Waals surface area contributed by atoms with Crippen LogP contribution < -0.4 is 9.47 Å². The summed E-state index contributed by atoms with van der Waals surface area (Å²) in [5.41, 5.74) is 0.592. The predicted molar refractivity (Wildman–Crippen MR) is 95.9 cm³/mol. The van der Waals surface area contributed by atoms with E-state index in [0.717, 1.165) is 19.3 Å². The quantitative estimate of drug-likeness (QED) is 0.266. The van der Waals surface area contributed by atoms with E-state index in [-0.39, 0.29) is 5.57 Å². The lowest BCUT2D eigenvalue weighted by molar-refractivity contribution is -0.138. The molecule has 0 N–H and O–H groups in total. The third-order valence-electron chi connectivity index (χ3n) is 3.08. The number of benzene rings is 1. The number of hydrogen-bond acceptors (Lipinski definition) is 5. The minimum atomic E-state index is -0.618. The summed E-state index contributed by atoms with van der Waals surface area (Å²) in [6, 6.07) is 5.37. The van der Waals surface area contributed by atoms with Gasteiger partial charge in [-0.3, -0.25) is 0 Å². The molecule has 130 valence electrons. The summed E-state index contributed by atoms with van der Waals surface area (Å²) in [6.45, 7) is 4.89. The Labute approximate surface area is 151 Å². The zero-order chi connectivity index (χ0) is 17.9. The molecule has 0 radical (unpaired) electrons. The van der Waals surface area contributed by atoms with Crippen LogP contribution in [0.3, 0.4) is 0 Å². The zero-order valence-electron chi connectivity index (χ0n) is 14.2. The van der Waals surface area contributed by atoms with Gasteiger partial charge in [0.2, 0.25) is 0 Å². The molecule has 0 spiro atoms. The molecule has 0 atom stereocenters.